The SMILES string of the molecule is C#CC(CCC)NCC1CCC(C)CC1. The average Bonchev–Trinajstić information content (AvgIpc) is 2.26. The Hall–Kier alpha value is -0.480. The normalized spacial score (nSPS) is 28.3. The van der Waals surface area contributed by atoms with Gasteiger partial charge in [-0.3, -0.25) is 0 Å². The number of rotatable bonds is 5. The monoisotopic (exact) mass is 207 g/mol. The quantitative estimate of drug-likeness (QED) is 0.683. The first-order valence-electron chi connectivity index (χ1n) is 6.45. The van der Waals surface area contributed by atoms with Gasteiger partial charge in [-0.1, -0.05) is 39.0 Å². The average molecular weight is 207 g/mol. The van der Waals surface area contributed by atoms with E-state index in [4.69, 9.17) is 6.42 Å². The summed E-state index contributed by atoms with van der Waals surface area (Å²) in [4.78, 5) is 0. The van der Waals surface area contributed by atoms with Crippen molar-refractivity contribution in [2.75, 3.05) is 6.54 Å². The molecule has 1 nitrogen and oxygen atoms in total. The van der Waals surface area contributed by atoms with Crippen LogP contribution >= 0.6 is 0 Å². The molecule has 0 aliphatic heterocycles. The third-order valence-corrected chi connectivity index (χ3v) is 3.57. The van der Waals surface area contributed by atoms with Crippen LogP contribution in [0.5, 0.6) is 0 Å². The summed E-state index contributed by atoms with van der Waals surface area (Å²) in [7, 11) is 0. The molecule has 0 aromatic rings. The number of nitrogens with one attached hydrogen (secondary N) is 1. The van der Waals surface area contributed by atoms with Crippen LogP contribution in [0.15, 0.2) is 0 Å². The minimum Gasteiger partial charge on any atom is -0.303 e. The molecule has 1 aliphatic carbocycles. The maximum absolute atomic E-state index is 5.48. The first kappa shape index (κ1) is 12.6. The molecule has 1 rings (SSSR count). The molecule has 1 saturated carbocycles. The summed E-state index contributed by atoms with van der Waals surface area (Å²) in [6.45, 7) is 5.68. The fourth-order valence-electron chi connectivity index (χ4n) is 2.38. The molecule has 86 valence electrons. The van der Waals surface area contributed by atoms with Gasteiger partial charge < -0.3 is 5.32 Å². The van der Waals surface area contributed by atoms with Gasteiger partial charge in [0.1, 0.15) is 0 Å². The highest BCUT2D eigenvalue weighted by Crippen LogP contribution is 2.27. The maximum Gasteiger partial charge on any atom is 0.0686 e. The Balaban J connectivity index is 2.16. The van der Waals surface area contributed by atoms with Crippen molar-refractivity contribution in [3.05, 3.63) is 0 Å². The highest BCUT2D eigenvalue weighted by Gasteiger charge is 2.18. The van der Waals surface area contributed by atoms with Gasteiger partial charge in [0, 0.05) is 0 Å². The molecule has 1 N–H and O–H groups in total. The Labute approximate surface area is 95.0 Å². The predicted octanol–water partition coefficient (Wildman–Crippen LogP) is 3.20. The van der Waals surface area contributed by atoms with Crippen LogP contribution < -0.4 is 5.32 Å². The standard InChI is InChI=1S/C14H25N/c1-4-6-14(5-2)15-11-13-9-7-12(3)8-10-13/h2,12-15H,4,6-11H2,1,3H3. The highest BCUT2D eigenvalue weighted by atomic mass is 14.9. The molecular weight excluding hydrogens is 182 g/mol. The van der Waals surface area contributed by atoms with Crippen LogP contribution in [-0.4, -0.2) is 12.6 Å². The van der Waals surface area contributed by atoms with Crippen molar-refractivity contribution in [3.63, 3.8) is 0 Å². The first-order valence-corrected chi connectivity index (χ1v) is 6.45. The fraction of sp³-hybridized carbons (Fsp3) is 0.857. The second-order valence-electron chi connectivity index (χ2n) is 5.04. The summed E-state index contributed by atoms with van der Waals surface area (Å²) in [6.07, 6.45) is 13.3. The zero-order chi connectivity index (χ0) is 11.1. The van der Waals surface area contributed by atoms with E-state index < -0.39 is 0 Å². The number of hydrogen-bond donors (Lipinski definition) is 1. The summed E-state index contributed by atoms with van der Waals surface area (Å²) >= 11 is 0. The van der Waals surface area contributed by atoms with E-state index in [0.717, 1.165) is 24.8 Å². The molecule has 0 radical (unpaired) electrons. The molecule has 15 heavy (non-hydrogen) atoms. The van der Waals surface area contributed by atoms with Gasteiger partial charge in [0.05, 0.1) is 6.04 Å². The largest absolute Gasteiger partial charge is 0.303 e. The Morgan fingerprint density at radius 1 is 1.33 bits per heavy atom. The van der Waals surface area contributed by atoms with E-state index in [9.17, 15) is 0 Å². The second-order valence-corrected chi connectivity index (χ2v) is 5.04. The molecule has 0 spiro atoms. The smallest absolute Gasteiger partial charge is 0.0686 e. The maximum atomic E-state index is 5.48. The van der Waals surface area contributed by atoms with E-state index in [1.165, 1.54) is 32.1 Å². The molecule has 0 amide bonds. The lowest BCUT2D eigenvalue weighted by Gasteiger charge is -2.27. The molecule has 0 aromatic heterocycles. The topological polar surface area (TPSA) is 12.0 Å². The Kier molecular flexibility index (Phi) is 5.79. The van der Waals surface area contributed by atoms with Gasteiger partial charge in [-0.15, -0.1) is 6.42 Å². The van der Waals surface area contributed by atoms with Crippen molar-refractivity contribution in [1.82, 2.24) is 5.32 Å². The van der Waals surface area contributed by atoms with Gasteiger partial charge in [-0.05, 0) is 37.6 Å². The summed E-state index contributed by atoms with van der Waals surface area (Å²) in [6, 6.07) is 0.300. The van der Waals surface area contributed by atoms with E-state index in [-0.39, 0.29) is 0 Å². The molecule has 0 bridgehead atoms. The Morgan fingerprint density at radius 3 is 2.53 bits per heavy atom. The van der Waals surface area contributed by atoms with Crippen LogP contribution in [0, 0.1) is 24.2 Å². The van der Waals surface area contributed by atoms with E-state index in [1.807, 2.05) is 0 Å². The molecule has 0 saturated heterocycles. The lowest BCUT2D eigenvalue weighted by atomic mass is 9.83. The van der Waals surface area contributed by atoms with E-state index in [2.05, 4.69) is 25.1 Å². The van der Waals surface area contributed by atoms with Crippen molar-refractivity contribution in [2.24, 2.45) is 11.8 Å². The third-order valence-electron chi connectivity index (χ3n) is 3.57. The third kappa shape index (κ3) is 4.71. The molecule has 1 fully saturated rings. The molecule has 0 aromatic carbocycles. The molecule has 1 aliphatic rings. The summed E-state index contributed by atoms with van der Waals surface area (Å²) in [5, 5.41) is 3.52. The van der Waals surface area contributed by atoms with E-state index in [1.54, 1.807) is 0 Å². The number of hydrogen-bond acceptors (Lipinski definition) is 1. The minimum absolute atomic E-state index is 0.300. The van der Waals surface area contributed by atoms with Gasteiger partial charge >= 0.3 is 0 Å². The van der Waals surface area contributed by atoms with Crippen LogP contribution in [0.25, 0.3) is 0 Å². The lowest BCUT2D eigenvalue weighted by Crippen LogP contribution is -2.33. The van der Waals surface area contributed by atoms with Crippen LogP contribution in [0.2, 0.25) is 0 Å². The van der Waals surface area contributed by atoms with Crippen molar-refractivity contribution in [3.8, 4) is 12.3 Å². The van der Waals surface area contributed by atoms with Crippen LogP contribution in [0.1, 0.15) is 52.4 Å². The predicted molar refractivity (Wildman–Crippen MR) is 66.7 cm³/mol. The van der Waals surface area contributed by atoms with Crippen molar-refractivity contribution >= 4 is 0 Å². The van der Waals surface area contributed by atoms with Gasteiger partial charge in [0.2, 0.25) is 0 Å². The van der Waals surface area contributed by atoms with Crippen molar-refractivity contribution < 1.29 is 0 Å². The zero-order valence-electron chi connectivity index (χ0n) is 10.3. The first-order chi connectivity index (χ1) is 7.26. The fourth-order valence-corrected chi connectivity index (χ4v) is 2.38. The molecule has 1 heteroatoms. The highest BCUT2D eigenvalue weighted by molar-refractivity contribution is 4.98. The van der Waals surface area contributed by atoms with Crippen LogP contribution in [-0.2, 0) is 0 Å². The van der Waals surface area contributed by atoms with Crippen LogP contribution in [0.4, 0.5) is 0 Å². The second kappa shape index (κ2) is 6.90. The van der Waals surface area contributed by atoms with Crippen molar-refractivity contribution in [2.45, 2.75) is 58.4 Å². The minimum atomic E-state index is 0.300. The van der Waals surface area contributed by atoms with Crippen molar-refractivity contribution in [1.29, 1.82) is 0 Å². The molecule has 1 atom stereocenters. The van der Waals surface area contributed by atoms with Crippen LogP contribution in [0.3, 0.4) is 0 Å². The number of terminal acetylenes is 1. The van der Waals surface area contributed by atoms with E-state index >= 15 is 0 Å². The Bertz CT molecular complexity index is 196. The van der Waals surface area contributed by atoms with Gasteiger partial charge in [-0.2, -0.15) is 0 Å². The summed E-state index contributed by atoms with van der Waals surface area (Å²) in [5.74, 6) is 4.65. The van der Waals surface area contributed by atoms with Gasteiger partial charge in [0.15, 0.2) is 0 Å². The summed E-state index contributed by atoms with van der Waals surface area (Å²) < 4.78 is 0. The molecular formula is C14H25N. The van der Waals surface area contributed by atoms with E-state index in [0.29, 0.717) is 6.04 Å². The lowest BCUT2D eigenvalue weighted by molar-refractivity contribution is 0.277. The van der Waals surface area contributed by atoms with Gasteiger partial charge in [-0.25, -0.2) is 0 Å². The summed E-state index contributed by atoms with van der Waals surface area (Å²) in [5.41, 5.74) is 0. The zero-order valence-corrected chi connectivity index (χ0v) is 10.3. The Morgan fingerprint density at radius 2 is 2.00 bits per heavy atom. The molecule has 1 unspecified atom stereocenters. The molecule has 0 heterocycles. The van der Waals surface area contributed by atoms with Gasteiger partial charge in [0.25, 0.3) is 0 Å².